The standard InChI is InChI=1S/C20H28ClN5O5S/c1-12(2)19(29)31-10-14(30-4)7-8-26-11-22-16-17(24-20(21)25-18(16)26)23-15(28)6-5-9-32-13(3)27/h11-12,14H,5-10H2,1-4H3,(H,23,24,25,28). The Kier molecular flexibility index (Phi) is 10.3. The molecule has 0 bridgehead atoms. The van der Waals surface area contributed by atoms with Crippen molar-refractivity contribution in [1.29, 1.82) is 0 Å². The molecule has 1 amide bonds. The van der Waals surface area contributed by atoms with Crippen LogP contribution in [0.15, 0.2) is 6.33 Å². The Morgan fingerprint density at radius 2 is 2.03 bits per heavy atom. The molecule has 0 spiro atoms. The molecule has 0 aliphatic carbocycles. The number of anilines is 1. The van der Waals surface area contributed by atoms with Crippen molar-refractivity contribution in [2.45, 2.75) is 52.7 Å². The molecule has 0 fully saturated rings. The first kappa shape index (κ1) is 26.0. The molecule has 0 saturated heterocycles. The van der Waals surface area contributed by atoms with Gasteiger partial charge in [0, 0.05) is 32.8 Å². The molecule has 2 aromatic heterocycles. The molecular formula is C20H28ClN5O5S. The van der Waals surface area contributed by atoms with Crippen LogP contribution in [-0.2, 0) is 30.4 Å². The summed E-state index contributed by atoms with van der Waals surface area (Å²) in [6, 6.07) is 0. The molecule has 0 aliphatic heterocycles. The second kappa shape index (κ2) is 12.7. The monoisotopic (exact) mass is 485 g/mol. The number of ether oxygens (including phenoxy) is 2. The summed E-state index contributed by atoms with van der Waals surface area (Å²) in [4.78, 5) is 47.5. The fourth-order valence-electron chi connectivity index (χ4n) is 2.71. The van der Waals surface area contributed by atoms with Crippen LogP contribution in [0.3, 0.4) is 0 Å². The van der Waals surface area contributed by atoms with Crippen LogP contribution in [0.25, 0.3) is 11.2 Å². The van der Waals surface area contributed by atoms with Crippen molar-refractivity contribution in [3.05, 3.63) is 11.6 Å². The van der Waals surface area contributed by atoms with E-state index >= 15 is 0 Å². The van der Waals surface area contributed by atoms with Gasteiger partial charge in [0.1, 0.15) is 6.61 Å². The zero-order chi connectivity index (χ0) is 23.7. The number of nitrogens with one attached hydrogen (secondary N) is 1. The molecule has 1 N–H and O–H groups in total. The van der Waals surface area contributed by atoms with E-state index in [1.165, 1.54) is 18.7 Å². The van der Waals surface area contributed by atoms with Gasteiger partial charge in [0.05, 0.1) is 18.3 Å². The first-order valence-corrected chi connectivity index (χ1v) is 11.6. The lowest BCUT2D eigenvalue weighted by Gasteiger charge is -2.16. The van der Waals surface area contributed by atoms with Gasteiger partial charge in [0.25, 0.3) is 0 Å². The average Bonchev–Trinajstić information content (AvgIpc) is 3.13. The van der Waals surface area contributed by atoms with Crippen molar-refractivity contribution in [1.82, 2.24) is 19.5 Å². The van der Waals surface area contributed by atoms with Crippen LogP contribution >= 0.6 is 23.4 Å². The smallest absolute Gasteiger partial charge is 0.308 e. The summed E-state index contributed by atoms with van der Waals surface area (Å²) in [6.45, 7) is 5.67. The second-order valence-corrected chi connectivity index (χ2v) is 8.98. The number of methoxy groups -OCH3 is 1. The molecule has 1 atom stereocenters. The van der Waals surface area contributed by atoms with Crippen molar-refractivity contribution in [2.24, 2.45) is 5.92 Å². The summed E-state index contributed by atoms with van der Waals surface area (Å²) in [5.41, 5.74) is 0.891. The molecule has 0 saturated carbocycles. The number of aromatic nitrogens is 4. The minimum atomic E-state index is -0.292. The van der Waals surface area contributed by atoms with Crippen LogP contribution in [0.4, 0.5) is 5.82 Å². The topological polar surface area (TPSA) is 125 Å². The Morgan fingerprint density at radius 3 is 2.69 bits per heavy atom. The molecule has 2 rings (SSSR count). The number of aryl methyl sites for hydroxylation is 1. The summed E-state index contributed by atoms with van der Waals surface area (Å²) in [5.74, 6) is 0.0819. The van der Waals surface area contributed by atoms with Gasteiger partial charge in [-0.1, -0.05) is 25.6 Å². The van der Waals surface area contributed by atoms with E-state index in [0.29, 0.717) is 36.3 Å². The number of carbonyl (C=O) groups excluding carboxylic acids is 3. The van der Waals surface area contributed by atoms with E-state index in [1.807, 2.05) is 0 Å². The van der Waals surface area contributed by atoms with Crippen molar-refractivity contribution in [3.63, 3.8) is 0 Å². The molecule has 12 heteroatoms. The third-order valence-corrected chi connectivity index (χ3v) is 5.52. The predicted molar refractivity (Wildman–Crippen MR) is 123 cm³/mol. The lowest BCUT2D eigenvalue weighted by molar-refractivity contribution is -0.151. The Morgan fingerprint density at radius 1 is 1.28 bits per heavy atom. The van der Waals surface area contributed by atoms with Gasteiger partial charge in [-0.2, -0.15) is 9.97 Å². The van der Waals surface area contributed by atoms with Gasteiger partial charge in [0.15, 0.2) is 22.1 Å². The van der Waals surface area contributed by atoms with Crippen molar-refractivity contribution in [3.8, 4) is 0 Å². The highest BCUT2D eigenvalue weighted by Crippen LogP contribution is 2.22. The van der Waals surface area contributed by atoms with Crippen molar-refractivity contribution >= 4 is 57.3 Å². The number of rotatable bonds is 12. The van der Waals surface area contributed by atoms with Gasteiger partial charge in [-0.3, -0.25) is 14.4 Å². The number of halogens is 1. The third kappa shape index (κ3) is 8.03. The molecule has 0 aromatic carbocycles. The second-order valence-electron chi connectivity index (χ2n) is 7.37. The van der Waals surface area contributed by atoms with E-state index in [1.54, 1.807) is 31.9 Å². The number of amides is 1. The first-order chi connectivity index (χ1) is 15.2. The quantitative estimate of drug-likeness (QED) is 0.274. The number of thioether (sulfide) groups is 1. The summed E-state index contributed by atoms with van der Waals surface area (Å²) in [7, 11) is 1.56. The summed E-state index contributed by atoms with van der Waals surface area (Å²) in [5, 5.41) is 2.72. The Hall–Kier alpha value is -2.24. The van der Waals surface area contributed by atoms with Gasteiger partial charge >= 0.3 is 5.97 Å². The maximum Gasteiger partial charge on any atom is 0.308 e. The number of esters is 1. The van der Waals surface area contributed by atoms with Crippen LogP contribution in [-0.4, -0.2) is 62.1 Å². The summed E-state index contributed by atoms with van der Waals surface area (Å²) >= 11 is 7.25. The summed E-state index contributed by atoms with van der Waals surface area (Å²) in [6.07, 6.45) is 2.65. The van der Waals surface area contributed by atoms with E-state index < -0.39 is 0 Å². The van der Waals surface area contributed by atoms with Crippen molar-refractivity contribution < 1.29 is 23.9 Å². The molecular weight excluding hydrogens is 458 g/mol. The van der Waals surface area contributed by atoms with Crippen molar-refractivity contribution in [2.75, 3.05) is 24.8 Å². The molecule has 176 valence electrons. The van der Waals surface area contributed by atoms with Crippen LogP contribution < -0.4 is 5.32 Å². The van der Waals surface area contributed by atoms with E-state index in [0.717, 1.165) is 0 Å². The maximum absolute atomic E-state index is 12.2. The van der Waals surface area contributed by atoms with Gasteiger partial charge in [0.2, 0.25) is 11.2 Å². The average molecular weight is 486 g/mol. The van der Waals surface area contributed by atoms with Crippen LogP contribution in [0, 0.1) is 5.92 Å². The Balaban J connectivity index is 2.01. The first-order valence-electron chi connectivity index (χ1n) is 10.2. The molecule has 0 radical (unpaired) electrons. The van der Waals surface area contributed by atoms with Gasteiger partial charge in [-0.15, -0.1) is 0 Å². The Bertz CT molecular complexity index is 952. The molecule has 32 heavy (non-hydrogen) atoms. The van der Waals surface area contributed by atoms with E-state index in [9.17, 15) is 14.4 Å². The number of nitrogens with zero attached hydrogens (tertiary/aromatic N) is 4. The highest BCUT2D eigenvalue weighted by molar-refractivity contribution is 8.13. The SMILES string of the molecule is COC(CCn1cnc2c(NC(=O)CCCSC(C)=O)nc(Cl)nc21)COC(=O)C(C)C. The third-order valence-electron chi connectivity index (χ3n) is 4.46. The lowest BCUT2D eigenvalue weighted by atomic mass is 10.2. The molecule has 10 nitrogen and oxygen atoms in total. The van der Waals surface area contributed by atoms with Crippen LogP contribution in [0.5, 0.6) is 0 Å². The zero-order valence-electron chi connectivity index (χ0n) is 18.6. The largest absolute Gasteiger partial charge is 0.463 e. The number of imidazole rings is 1. The number of fused-ring (bicyclic) bond motifs is 1. The lowest BCUT2D eigenvalue weighted by Crippen LogP contribution is -2.24. The zero-order valence-corrected chi connectivity index (χ0v) is 20.2. The van der Waals surface area contributed by atoms with Gasteiger partial charge < -0.3 is 19.4 Å². The van der Waals surface area contributed by atoms with Crippen LogP contribution in [0.1, 0.15) is 40.0 Å². The number of carbonyl (C=O) groups is 3. The number of hydrogen-bond donors (Lipinski definition) is 1. The van der Waals surface area contributed by atoms with Gasteiger partial charge in [-0.05, 0) is 24.4 Å². The molecule has 2 heterocycles. The number of hydrogen-bond acceptors (Lipinski definition) is 9. The van der Waals surface area contributed by atoms with Crippen LogP contribution in [0.2, 0.25) is 5.28 Å². The Labute approximate surface area is 195 Å². The summed E-state index contributed by atoms with van der Waals surface area (Å²) < 4.78 is 12.4. The van der Waals surface area contributed by atoms with Gasteiger partial charge in [-0.25, -0.2) is 4.98 Å². The minimum absolute atomic E-state index is 0.0177. The predicted octanol–water partition coefficient (Wildman–Crippen LogP) is 3.08. The van der Waals surface area contributed by atoms with E-state index in [-0.39, 0.29) is 53.1 Å². The normalized spacial score (nSPS) is 12.2. The fourth-order valence-corrected chi connectivity index (χ4v) is 3.45. The molecule has 0 aliphatic rings. The highest BCUT2D eigenvalue weighted by atomic mass is 35.5. The highest BCUT2D eigenvalue weighted by Gasteiger charge is 2.17. The van der Waals surface area contributed by atoms with E-state index in [4.69, 9.17) is 21.1 Å². The molecule has 1 unspecified atom stereocenters. The van der Waals surface area contributed by atoms with E-state index in [2.05, 4.69) is 20.3 Å². The maximum atomic E-state index is 12.2. The minimum Gasteiger partial charge on any atom is -0.463 e. The molecule has 2 aromatic rings. The fraction of sp³-hybridized carbons (Fsp3) is 0.600.